The maximum absolute atomic E-state index is 11.8. The SMILES string of the molecule is COC(=O)c1cccn2cc(CSc3ccc(C)cc3)nc12. The summed E-state index contributed by atoms with van der Waals surface area (Å²) in [5.74, 6) is 0.389. The number of nitrogens with zero attached hydrogens (tertiary/aromatic N) is 2. The number of pyridine rings is 1. The van der Waals surface area contributed by atoms with Crippen LogP contribution < -0.4 is 0 Å². The molecule has 3 aromatic rings. The highest BCUT2D eigenvalue weighted by Crippen LogP contribution is 2.23. The summed E-state index contributed by atoms with van der Waals surface area (Å²) >= 11 is 1.73. The molecule has 0 saturated heterocycles. The molecule has 0 unspecified atom stereocenters. The predicted molar refractivity (Wildman–Crippen MR) is 87.3 cm³/mol. The summed E-state index contributed by atoms with van der Waals surface area (Å²) in [6.45, 7) is 2.07. The van der Waals surface area contributed by atoms with E-state index < -0.39 is 0 Å². The fourth-order valence-electron chi connectivity index (χ4n) is 2.19. The van der Waals surface area contributed by atoms with Gasteiger partial charge in [0, 0.05) is 23.0 Å². The van der Waals surface area contributed by atoms with Gasteiger partial charge in [-0.3, -0.25) is 0 Å². The number of carbonyl (C=O) groups excluding carboxylic acids is 1. The highest BCUT2D eigenvalue weighted by Gasteiger charge is 2.13. The van der Waals surface area contributed by atoms with E-state index in [-0.39, 0.29) is 5.97 Å². The van der Waals surface area contributed by atoms with Crippen molar-refractivity contribution in [1.82, 2.24) is 9.38 Å². The predicted octanol–water partition coefficient (Wildman–Crippen LogP) is 3.72. The van der Waals surface area contributed by atoms with E-state index in [0.29, 0.717) is 11.2 Å². The van der Waals surface area contributed by atoms with E-state index >= 15 is 0 Å². The lowest BCUT2D eigenvalue weighted by Crippen LogP contribution is -2.03. The van der Waals surface area contributed by atoms with E-state index in [4.69, 9.17) is 4.74 Å². The maximum Gasteiger partial charge on any atom is 0.341 e. The van der Waals surface area contributed by atoms with Crippen molar-refractivity contribution in [3.63, 3.8) is 0 Å². The van der Waals surface area contributed by atoms with Gasteiger partial charge in [0.15, 0.2) is 5.65 Å². The molecule has 2 heterocycles. The van der Waals surface area contributed by atoms with Crippen molar-refractivity contribution in [3.8, 4) is 0 Å². The van der Waals surface area contributed by atoms with Crippen molar-refractivity contribution in [3.05, 3.63) is 65.6 Å². The van der Waals surface area contributed by atoms with Gasteiger partial charge in [0.05, 0.1) is 12.8 Å². The third-order valence-electron chi connectivity index (χ3n) is 3.35. The number of methoxy groups -OCH3 is 1. The zero-order chi connectivity index (χ0) is 15.5. The number of hydrogen-bond donors (Lipinski definition) is 0. The molecule has 0 N–H and O–H groups in total. The molecular formula is C17H16N2O2S. The second-order valence-electron chi connectivity index (χ2n) is 4.98. The Morgan fingerprint density at radius 1 is 1.27 bits per heavy atom. The Morgan fingerprint density at radius 2 is 2.05 bits per heavy atom. The lowest BCUT2D eigenvalue weighted by Gasteiger charge is -2.00. The van der Waals surface area contributed by atoms with Gasteiger partial charge in [-0.05, 0) is 31.2 Å². The summed E-state index contributed by atoms with van der Waals surface area (Å²) < 4.78 is 6.66. The summed E-state index contributed by atoms with van der Waals surface area (Å²) in [4.78, 5) is 17.5. The normalized spacial score (nSPS) is 10.8. The molecule has 0 fully saturated rings. The standard InChI is InChI=1S/C17H16N2O2S/c1-12-5-7-14(8-6-12)22-11-13-10-19-9-3-4-15(16(19)18-13)17(20)21-2/h3-10H,11H2,1-2H3. The molecular weight excluding hydrogens is 296 g/mol. The molecule has 5 heteroatoms. The van der Waals surface area contributed by atoms with Crippen LogP contribution in [0.15, 0.2) is 53.7 Å². The average molecular weight is 312 g/mol. The van der Waals surface area contributed by atoms with E-state index in [1.165, 1.54) is 17.6 Å². The fourth-order valence-corrected chi connectivity index (χ4v) is 2.98. The number of thioether (sulfide) groups is 1. The number of rotatable bonds is 4. The number of imidazole rings is 1. The van der Waals surface area contributed by atoms with Crippen LogP contribution >= 0.6 is 11.8 Å². The highest BCUT2D eigenvalue weighted by molar-refractivity contribution is 7.98. The van der Waals surface area contributed by atoms with Crippen LogP contribution in [-0.2, 0) is 10.5 Å². The van der Waals surface area contributed by atoms with Gasteiger partial charge in [-0.2, -0.15) is 0 Å². The number of fused-ring (bicyclic) bond motifs is 1. The Morgan fingerprint density at radius 3 is 2.77 bits per heavy atom. The van der Waals surface area contributed by atoms with Gasteiger partial charge in [0.2, 0.25) is 0 Å². The van der Waals surface area contributed by atoms with Crippen molar-refractivity contribution >= 4 is 23.4 Å². The lowest BCUT2D eigenvalue weighted by atomic mass is 10.2. The topological polar surface area (TPSA) is 43.6 Å². The zero-order valence-corrected chi connectivity index (χ0v) is 13.3. The van der Waals surface area contributed by atoms with E-state index in [9.17, 15) is 4.79 Å². The van der Waals surface area contributed by atoms with Crippen molar-refractivity contribution < 1.29 is 9.53 Å². The molecule has 3 rings (SSSR count). The third kappa shape index (κ3) is 2.99. The quantitative estimate of drug-likeness (QED) is 0.544. The number of aryl methyl sites for hydroxylation is 1. The largest absolute Gasteiger partial charge is 0.465 e. The van der Waals surface area contributed by atoms with E-state index in [2.05, 4.69) is 36.2 Å². The van der Waals surface area contributed by atoms with Crippen molar-refractivity contribution in [1.29, 1.82) is 0 Å². The van der Waals surface area contributed by atoms with Crippen molar-refractivity contribution in [2.75, 3.05) is 7.11 Å². The molecule has 1 aromatic carbocycles. The summed E-state index contributed by atoms with van der Waals surface area (Å²) in [6.07, 6.45) is 3.83. The maximum atomic E-state index is 11.8. The number of esters is 1. The minimum absolute atomic E-state index is 0.367. The number of aromatic nitrogens is 2. The Bertz CT molecular complexity index is 809. The number of ether oxygens (including phenoxy) is 1. The minimum Gasteiger partial charge on any atom is -0.465 e. The molecule has 0 bridgehead atoms. The van der Waals surface area contributed by atoms with E-state index in [1.54, 1.807) is 17.8 Å². The molecule has 2 aromatic heterocycles. The zero-order valence-electron chi connectivity index (χ0n) is 12.4. The minimum atomic E-state index is -0.367. The van der Waals surface area contributed by atoms with Crippen LogP contribution in [0.25, 0.3) is 5.65 Å². The van der Waals surface area contributed by atoms with E-state index in [1.807, 2.05) is 22.9 Å². The highest BCUT2D eigenvalue weighted by atomic mass is 32.2. The third-order valence-corrected chi connectivity index (χ3v) is 4.39. The molecule has 0 atom stereocenters. The van der Waals surface area contributed by atoms with Gasteiger partial charge < -0.3 is 9.14 Å². The van der Waals surface area contributed by atoms with Crippen molar-refractivity contribution in [2.45, 2.75) is 17.6 Å². The van der Waals surface area contributed by atoms with Gasteiger partial charge in [-0.1, -0.05) is 17.7 Å². The second-order valence-corrected chi connectivity index (χ2v) is 6.03. The molecule has 0 aliphatic carbocycles. The van der Waals surface area contributed by atoms with Crippen LogP contribution in [0.1, 0.15) is 21.6 Å². The summed E-state index contributed by atoms with van der Waals surface area (Å²) in [5.41, 5.74) is 3.30. The first-order chi connectivity index (χ1) is 10.7. The van der Waals surface area contributed by atoms with Gasteiger partial charge in [-0.25, -0.2) is 9.78 Å². The molecule has 4 nitrogen and oxygen atoms in total. The number of hydrogen-bond acceptors (Lipinski definition) is 4. The fraction of sp³-hybridized carbons (Fsp3) is 0.176. The van der Waals surface area contributed by atoms with Gasteiger partial charge in [0.25, 0.3) is 0 Å². The molecule has 0 saturated carbocycles. The summed E-state index contributed by atoms with van der Waals surface area (Å²) in [7, 11) is 1.38. The van der Waals surface area contributed by atoms with Crippen LogP contribution in [0.2, 0.25) is 0 Å². The number of benzene rings is 1. The first-order valence-corrected chi connectivity index (χ1v) is 7.90. The smallest absolute Gasteiger partial charge is 0.341 e. The Balaban J connectivity index is 1.83. The molecule has 0 radical (unpaired) electrons. The van der Waals surface area contributed by atoms with Crippen LogP contribution in [0.5, 0.6) is 0 Å². The summed E-state index contributed by atoms with van der Waals surface area (Å²) in [5, 5.41) is 0. The second kappa shape index (κ2) is 6.23. The molecule has 0 amide bonds. The molecule has 112 valence electrons. The van der Waals surface area contributed by atoms with Crippen LogP contribution in [0.3, 0.4) is 0 Å². The first kappa shape index (κ1) is 14.7. The monoisotopic (exact) mass is 312 g/mol. The number of carbonyl (C=O) groups is 1. The van der Waals surface area contributed by atoms with Crippen molar-refractivity contribution in [2.24, 2.45) is 0 Å². The van der Waals surface area contributed by atoms with Gasteiger partial charge >= 0.3 is 5.97 Å². The molecule has 0 aliphatic heterocycles. The Labute approximate surface area is 133 Å². The van der Waals surface area contributed by atoms with Crippen LogP contribution in [0, 0.1) is 6.92 Å². The van der Waals surface area contributed by atoms with Crippen LogP contribution in [-0.4, -0.2) is 22.5 Å². The average Bonchev–Trinajstić information content (AvgIpc) is 2.96. The van der Waals surface area contributed by atoms with E-state index in [0.717, 1.165) is 11.4 Å². The first-order valence-electron chi connectivity index (χ1n) is 6.92. The molecule has 22 heavy (non-hydrogen) atoms. The van der Waals surface area contributed by atoms with Gasteiger partial charge in [-0.15, -0.1) is 11.8 Å². The lowest BCUT2D eigenvalue weighted by molar-refractivity contribution is 0.0602. The molecule has 0 spiro atoms. The summed E-state index contributed by atoms with van der Waals surface area (Å²) in [6, 6.07) is 12.0. The molecule has 0 aliphatic rings. The van der Waals surface area contributed by atoms with Crippen LogP contribution in [0.4, 0.5) is 0 Å². The Hall–Kier alpha value is -2.27. The Kier molecular flexibility index (Phi) is 4.15. The van der Waals surface area contributed by atoms with Gasteiger partial charge in [0.1, 0.15) is 5.56 Å².